The minimum Gasteiger partial charge on any atom is -1.00 e. The Bertz CT molecular complexity index is 434. The number of carboxylic acids is 1. The molecule has 0 fully saturated rings. The normalized spacial score (nSPS) is 14.0. The van der Waals surface area contributed by atoms with E-state index in [0.29, 0.717) is 6.42 Å². The maximum absolute atomic E-state index is 11.7. The molecule has 0 radical (unpaired) electrons. The molecule has 0 aromatic carbocycles. The molecule has 0 heterocycles. The fourth-order valence-electron chi connectivity index (χ4n) is 3.79. The van der Waals surface area contributed by atoms with Gasteiger partial charge in [-0.1, -0.05) is 110 Å². The number of aliphatic carboxylic acids is 1. The molecular formula is C24H47NaO5. The number of ketones is 1. The van der Waals surface area contributed by atoms with Crippen molar-refractivity contribution in [3.63, 3.8) is 0 Å². The van der Waals surface area contributed by atoms with Crippen molar-refractivity contribution in [2.45, 2.75) is 141 Å². The molecule has 0 saturated heterocycles. The summed E-state index contributed by atoms with van der Waals surface area (Å²) in [5.74, 6) is -2.60. The van der Waals surface area contributed by atoms with Gasteiger partial charge in [0.2, 0.25) is 11.4 Å². The number of aliphatic hydroxyl groups is 2. The van der Waals surface area contributed by atoms with Crippen LogP contribution in [0, 0.1) is 0 Å². The van der Waals surface area contributed by atoms with Gasteiger partial charge in [0.1, 0.15) is 6.10 Å². The Labute approximate surface area is 208 Å². The molecular weight excluding hydrogens is 391 g/mol. The molecule has 2 atom stereocenters. The van der Waals surface area contributed by atoms with E-state index in [1.54, 1.807) is 0 Å². The summed E-state index contributed by atoms with van der Waals surface area (Å²) in [6, 6.07) is 0. The van der Waals surface area contributed by atoms with Crippen molar-refractivity contribution in [3.8, 4) is 0 Å². The molecule has 5 nitrogen and oxygen atoms in total. The van der Waals surface area contributed by atoms with E-state index in [9.17, 15) is 19.8 Å². The zero-order valence-corrected chi connectivity index (χ0v) is 22.0. The zero-order chi connectivity index (χ0) is 22.0. The fraction of sp³-hybridized carbons (Fsp3) is 0.917. The summed E-state index contributed by atoms with van der Waals surface area (Å²) in [6.07, 6.45) is 19.2. The number of carboxylic acid groups (broad SMARTS) is 1. The first kappa shape index (κ1) is 32.2. The first-order chi connectivity index (χ1) is 13.9. The van der Waals surface area contributed by atoms with Crippen LogP contribution in [0.4, 0.5) is 0 Å². The number of unbranched alkanes of at least 4 members (excludes halogenated alkanes) is 16. The van der Waals surface area contributed by atoms with Crippen LogP contribution in [0.2, 0.25) is 0 Å². The summed E-state index contributed by atoms with van der Waals surface area (Å²) in [5, 5.41) is 28.4. The summed E-state index contributed by atoms with van der Waals surface area (Å²) in [7, 11) is 0. The predicted octanol–water partition coefficient (Wildman–Crippen LogP) is 2.91. The second-order valence-electron chi connectivity index (χ2n) is 8.61. The van der Waals surface area contributed by atoms with Crippen LogP contribution < -0.4 is 29.6 Å². The third kappa shape index (κ3) is 15.8. The van der Waals surface area contributed by atoms with Crippen molar-refractivity contribution in [2.75, 3.05) is 0 Å². The standard InChI is InChI=1S/C24H46O5.Na.H/c1-3-4-5-6-7-8-9-10-11-12-13-14-15-16-17-18-19-20-24(29,23(27)28)22(26)21(2)25;;/h21,25,29H,3-20H2,1-2H3,(H,27,28);;/q;+1;-1. The quantitative estimate of drug-likeness (QED) is 0.146. The summed E-state index contributed by atoms with van der Waals surface area (Å²) in [4.78, 5) is 22.9. The number of rotatable bonds is 21. The van der Waals surface area contributed by atoms with E-state index in [1.807, 2.05) is 0 Å². The van der Waals surface area contributed by atoms with E-state index in [1.165, 1.54) is 90.4 Å². The molecule has 0 spiro atoms. The minimum absolute atomic E-state index is 0. The van der Waals surface area contributed by atoms with Gasteiger partial charge in [-0.05, 0) is 19.8 Å². The Hall–Kier alpha value is 0.0600. The number of carbonyl (C=O) groups is 2. The topological polar surface area (TPSA) is 94.8 Å². The third-order valence-corrected chi connectivity index (χ3v) is 5.78. The van der Waals surface area contributed by atoms with E-state index < -0.39 is 23.5 Å². The first-order valence-corrected chi connectivity index (χ1v) is 12.0. The van der Waals surface area contributed by atoms with Crippen molar-refractivity contribution >= 4 is 11.8 Å². The van der Waals surface area contributed by atoms with Gasteiger partial charge >= 0.3 is 35.5 Å². The predicted molar refractivity (Wildman–Crippen MR) is 119 cm³/mol. The number of aliphatic hydroxyl groups excluding tert-OH is 1. The van der Waals surface area contributed by atoms with Gasteiger partial charge in [0.25, 0.3) is 0 Å². The van der Waals surface area contributed by atoms with Crippen LogP contribution in [0.5, 0.6) is 0 Å². The van der Waals surface area contributed by atoms with Crippen LogP contribution in [0.15, 0.2) is 0 Å². The van der Waals surface area contributed by atoms with Crippen LogP contribution in [0.25, 0.3) is 0 Å². The van der Waals surface area contributed by atoms with E-state index in [0.717, 1.165) is 19.3 Å². The molecule has 0 aromatic rings. The molecule has 0 saturated carbocycles. The number of hydrogen-bond donors (Lipinski definition) is 3. The average Bonchev–Trinajstić information content (AvgIpc) is 2.69. The van der Waals surface area contributed by atoms with Gasteiger partial charge in [-0.25, -0.2) is 4.79 Å². The second kappa shape index (κ2) is 20.9. The minimum atomic E-state index is -2.45. The van der Waals surface area contributed by atoms with Crippen molar-refractivity contribution in [2.24, 2.45) is 0 Å². The van der Waals surface area contributed by atoms with Gasteiger partial charge in [-0.2, -0.15) is 0 Å². The molecule has 6 heteroatoms. The molecule has 0 bridgehead atoms. The second-order valence-corrected chi connectivity index (χ2v) is 8.61. The summed E-state index contributed by atoms with van der Waals surface area (Å²) in [6.45, 7) is 3.44. The molecule has 0 amide bonds. The van der Waals surface area contributed by atoms with Crippen molar-refractivity contribution in [1.82, 2.24) is 0 Å². The largest absolute Gasteiger partial charge is 1.00 e. The molecule has 30 heavy (non-hydrogen) atoms. The Morgan fingerprint density at radius 3 is 1.30 bits per heavy atom. The van der Waals surface area contributed by atoms with E-state index >= 15 is 0 Å². The smallest absolute Gasteiger partial charge is 1.00 e. The van der Waals surface area contributed by atoms with E-state index in [2.05, 4.69) is 6.92 Å². The molecule has 3 N–H and O–H groups in total. The summed E-state index contributed by atoms with van der Waals surface area (Å²) < 4.78 is 0. The van der Waals surface area contributed by atoms with Crippen LogP contribution in [0.1, 0.15) is 131 Å². The zero-order valence-electron chi connectivity index (χ0n) is 21.0. The maximum Gasteiger partial charge on any atom is 1.00 e. The van der Waals surface area contributed by atoms with E-state index in [-0.39, 0.29) is 37.4 Å². The van der Waals surface area contributed by atoms with Crippen molar-refractivity contribution < 1.29 is 55.9 Å². The SMILES string of the molecule is CCCCCCCCCCCCCCCCCCCC(O)(C(=O)O)C(=O)C(C)O.[H-].[Na+]. The monoisotopic (exact) mass is 438 g/mol. The van der Waals surface area contributed by atoms with Gasteiger partial charge in [-0.3, -0.25) is 4.79 Å². The summed E-state index contributed by atoms with van der Waals surface area (Å²) in [5.41, 5.74) is -2.45. The van der Waals surface area contributed by atoms with Crippen LogP contribution in [0.3, 0.4) is 0 Å². The summed E-state index contributed by atoms with van der Waals surface area (Å²) >= 11 is 0. The maximum atomic E-state index is 11.7. The van der Waals surface area contributed by atoms with Crippen molar-refractivity contribution in [1.29, 1.82) is 0 Å². The third-order valence-electron chi connectivity index (χ3n) is 5.78. The number of Topliss-reactive ketones (excluding diaryl/α,β-unsaturated/α-hetero) is 1. The molecule has 174 valence electrons. The Morgan fingerprint density at radius 2 is 1.03 bits per heavy atom. The van der Waals surface area contributed by atoms with E-state index in [4.69, 9.17) is 5.11 Å². The van der Waals surface area contributed by atoms with Gasteiger partial charge in [0.05, 0.1) is 0 Å². The molecule has 0 aliphatic carbocycles. The van der Waals surface area contributed by atoms with Crippen LogP contribution in [-0.2, 0) is 9.59 Å². The van der Waals surface area contributed by atoms with Gasteiger partial charge in [0.15, 0.2) is 0 Å². The average molecular weight is 439 g/mol. The van der Waals surface area contributed by atoms with Gasteiger partial charge in [-0.15, -0.1) is 0 Å². The molecule has 0 rings (SSSR count). The Balaban J connectivity index is -0.00000392. The molecule has 0 aliphatic rings. The molecule has 2 unspecified atom stereocenters. The van der Waals surface area contributed by atoms with Crippen LogP contribution in [-0.4, -0.2) is 38.8 Å². The van der Waals surface area contributed by atoms with Crippen LogP contribution >= 0.6 is 0 Å². The molecule has 0 aromatic heterocycles. The van der Waals surface area contributed by atoms with Gasteiger partial charge < -0.3 is 16.7 Å². The Kier molecular flexibility index (Phi) is 22.5. The number of hydrogen-bond acceptors (Lipinski definition) is 4. The number of carbonyl (C=O) groups excluding carboxylic acids is 1. The first-order valence-electron chi connectivity index (χ1n) is 12.0. The molecule has 0 aliphatic heterocycles. The fourth-order valence-corrected chi connectivity index (χ4v) is 3.79. The van der Waals surface area contributed by atoms with Crippen molar-refractivity contribution in [3.05, 3.63) is 0 Å². The van der Waals surface area contributed by atoms with Gasteiger partial charge in [0, 0.05) is 0 Å². The Morgan fingerprint density at radius 1 is 0.733 bits per heavy atom.